The first-order chi connectivity index (χ1) is 9.87. The van der Waals surface area contributed by atoms with Crippen LogP contribution >= 0.6 is 0 Å². The van der Waals surface area contributed by atoms with Crippen molar-refractivity contribution < 1.29 is 28.3 Å². The van der Waals surface area contributed by atoms with Crippen LogP contribution in [-0.2, 0) is 14.8 Å². The van der Waals surface area contributed by atoms with E-state index in [0.717, 1.165) is 22.5 Å². The van der Waals surface area contributed by atoms with Crippen LogP contribution in [0.4, 0.5) is 5.69 Å². The number of phenolic OH excluding ortho intramolecular Hbond substituents is 1. The lowest BCUT2D eigenvalue weighted by atomic mass is 10.3. The second-order valence-corrected chi connectivity index (χ2v) is 6.33. The molecule has 1 fully saturated rings. The number of aliphatic hydroxyl groups excluding tert-OH is 1. The van der Waals surface area contributed by atoms with Gasteiger partial charge in [0, 0.05) is 12.6 Å². The molecule has 0 saturated carbocycles. The highest BCUT2D eigenvalue weighted by molar-refractivity contribution is 7.89. The van der Waals surface area contributed by atoms with Crippen molar-refractivity contribution in [2.45, 2.75) is 10.9 Å². The quantitative estimate of drug-likeness (QED) is 0.574. The average molecular weight is 318 g/mol. The average Bonchev–Trinajstić information content (AvgIpc) is 2.47. The highest BCUT2D eigenvalue weighted by atomic mass is 32.2. The standard InChI is InChI=1S/C11H14N2O7S/c14-6-8-7-20-4-3-12(8)21(18,19)9-1-2-11(15)10(5-9)13(16)17/h1-2,5,8,14-15H,3-4,6-7H2. The minimum absolute atomic E-state index is 0.0439. The minimum atomic E-state index is -4.02. The fraction of sp³-hybridized carbons (Fsp3) is 0.455. The Kier molecular flexibility index (Phi) is 4.42. The topological polar surface area (TPSA) is 130 Å². The van der Waals surface area contributed by atoms with Crippen molar-refractivity contribution in [3.05, 3.63) is 28.3 Å². The Morgan fingerprint density at radius 3 is 2.81 bits per heavy atom. The van der Waals surface area contributed by atoms with Gasteiger partial charge in [0.25, 0.3) is 0 Å². The van der Waals surface area contributed by atoms with Crippen LogP contribution in [0.1, 0.15) is 0 Å². The van der Waals surface area contributed by atoms with E-state index < -0.39 is 39.0 Å². The number of phenols is 1. The predicted molar refractivity (Wildman–Crippen MR) is 70.3 cm³/mol. The van der Waals surface area contributed by atoms with E-state index in [0.29, 0.717) is 0 Å². The molecule has 21 heavy (non-hydrogen) atoms. The van der Waals surface area contributed by atoms with Crippen molar-refractivity contribution in [3.8, 4) is 5.75 Å². The number of nitro benzene ring substituents is 1. The monoisotopic (exact) mass is 318 g/mol. The fourth-order valence-electron chi connectivity index (χ4n) is 2.05. The van der Waals surface area contributed by atoms with Gasteiger partial charge >= 0.3 is 5.69 Å². The molecule has 116 valence electrons. The van der Waals surface area contributed by atoms with Gasteiger partial charge in [-0.05, 0) is 12.1 Å². The Hall–Kier alpha value is -1.75. The number of aromatic hydroxyl groups is 1. The first kappa shape index (κ1) is 15.6. The van der Waals surface area contributed by atoms with Crippen LogP contribution in [0.2, 0.25) is 0 Å². The van der Waals surface area contributed by atoms with E-state index in [1.807, 2.05) is 0 Å². The zero-order valence-electron chi connectivity index (χ0n) is 10.9. The first-order valence-corrected chi connectivity index (χ1v) is 7.49. The number of nitrogens with zero attached hydrogens (tertiary/aromatic N) is 2. The Bertz CT molecular complexity index is 646. The number of hydrogen-bond acceptors (Lipinski definition) is 7. The number of rotatable bonds is 4. The van der Waals surface area contributed by atoms with Gasteiger partial charge in [0.15, 0.2) is 5.75 Å². The first-order valence-electron chi connectivity index (χ1n) is 6.05. The maximum Gasteiger partial charge on any atom is 0.312 e. The van der Waals surface area contributed by atoms with E-state index in [1.165, 1.54) is 0 Å². The third-order valence-corrected chi connectivity index (χ3v) is 5.08. The summed E-state index contributed by atoms with van der Waals surface area (Å²) in [7, 11) is -4.02. The molecule has 2 rings (SSSR count). The highest BCUT2D eigenvalue weighted by Gasteiger charge is 2.34. The molecule has 0 bridgehead atoms. The molecule has 0 aromatic heterocycles. The number of hydrogen-bond donors (Lipinski definition) is 2. The summed E-state index contributed by atoms with van der Waals surface area (Å²) in [4.78, 5) is 9.60. The van der Waals surface area contributed by atoms with Crippen LogP contribution in [0.15, 0.2) is 23.1 Å². The van der Waals surface area contributed by atoms with Gasteiger partial charge in [-0.2, -0.15) is 4.31 Å². The molecule has 9 nitrogen and oxygen atoms in total. The second-order valence-electron chi connectivity index (χ2n) is 4.43. The number of ether oxygens (including phenoxy) is 1. The molecule has 1 unspecified atom stereocenters. The highest BCUT2D eigenvalue weighted by Crippen LogP contribution is 2.30. The van der Waals surface area contributed by atoms with Crippen molar-refractivity contribution in [1.29, 1.82) is 0 Å². The molecule has 1 heterocycles. The molecule has 0 spiro atoms. The number of aliphatic hydroxyl groups is 1. The van der Waals surface area contributed by atoms with Crippen molar-refractivity contribution in [1.82, 2.24) is 4.31 Å². The molecule has 1 atom stereocenters. The van der Waals surface area contributed by atoms with Crippen LogP contribution in [0.5, 0.6) is 5.75 Å². The lowest BCUT2D eigenvalue weighted by molar-refractivity contribution is -0.386. The summed E-state index contributed by atoms with van der Waals surface area (Å²) in [6, 6.07) is 2.10. The molecule has 1 aliphatic heterocycles. The van der Waals surface area contributed by atoms with Crippen LogP contribution in [0.25, 0.3) is 0 Å². The number of benzene rings is 1. The van der Waals surface area contributed by atoms with Gasteiger partial charge in [0.2, 0.25) is 10.0 Å². The van der Waals surface area contributed by atoms with Crippen molar-refractivity contribution >= 4 is 15.7 Å². The largest absolute Gasteiger partial charge is 0.502 e. The van der Waals surface area contributed by atoms with Crippen molar-refractivity contribution in [2.24, 2.45) is 0 Å². The van der Waals surface area contributed by atoms with Gasteiger partial charge < -0.3 is 14.9 Å². The van der Waals surface area contributed by atoms with E-state index in [1.54, 1.807) is 0 Å². The maximum absolute atomic E-state index is 12.5. The summed E-state index contributed by atoms with van der Waals surface area (Å²) in [5.74, 6) is -0.611. The Morgan fingerprint density at radius 1 is 1.48 bits per heavy atom. The van der Waals surface area contributed by atoms with Gasteiger partial charge in [0.1, 0.15) is 0 Å². The van der Waals surface area contributed by atoms with Crippen molar-refractivity contribution in [2.75, 3.05) is 26.4 Å². The van der Waals surface area contributed by atoms with E-state index in [4.69, 9.17) is 4.74 Å². The summed E-state index contributed by atoms with van der Waals surface area (Å²) in [6.45, 7) is -0.145. The summed E-state index contributed by atoms with van der Waals surface area (Å²) in [6.07, 6.45) is 0. The SMILES string of the molecule is O=[N+]([O-])c1cc(S(=O)(=O)N2CCOCC2CO)ccc1O. The molecular formula is C11H14N2O7S. The van der Waals surface area contributed by atoms with E-state index in [9.17, 15) is 28.7 Å². The number of sulfonamides is 1. The molecule has 0 radical (unpaired) electrons. The van der Waals surface area contributed by atoms with Crippen LogP contribution in [0, 0.1) is 10.1 Å². The maximum atomic E-state index is 12.5. The molecule has 1 aromatic carbocycles. The Balaban J connectivity index is 2.43. The number of nitro groups is 1. The summed E-state index contributed by atoms with van der Waals surface area (Å²) >= 11 is 0. The van der Waals surface area contributed by atoms with Gasteiger partial charge in [-0.25, -0.2) is 8.42 Å². The normalized spacial score (nSPS) is 20.3. The molecule has 1 aliphatic rings. The predicted octanol–water partition coefficient (Wildman–Crippen LogP) is -0.318. The Labute approximate surface area is 120 Å². The third kappa shape index (κ3) is 2.97. The summed E-state index contributed by atoms with van der Waals surface area (Å²) in [5, 5.41) is 29.4. The second kappa shape index (κ2) is 5.93. The molecule has 1 saturated heterocycles. The summed E-state index contributed by atoms with van der Waals surface area (Å²) in [5.41, 5.74) is -0.690. The van der Waals surface area contributed by atoms with E-state index in [2.05, 4.69) is 0 Å². The third-order valence-electron chi connectivity index (χ3n) is 3.13. The van der Waals surface area contributed by atoms with Gasteiger partial charge in [0.05, 0.1) is 35.7 Å². The molecule has 10 heteroatoms. The lowest BCUT2D eigenvalue weighted by Gasteiger charge is -2.33. The van der Waals surface area contributed by atoms with Gasteiger partial charge in [-0.15, -0.1) is 0 Å². The van der Waals surface area contributed by atoms with Crippen molar-refractivity contribution in [3.63, 3.8) is 0 Å². The molecule has 0 amide bonds. The van der Waals surface area contributed by atoms with Gasteiger partial charge in [-0.3, -0.25) is 10.1 Å². The molecule has 1 aromatic rings. The van der Waals surface area contributed by atoms with E-state index >= 15 is 0 Å². The lowest BCUT2D eigenvalue weighted by Crippen LogP contribution is -2.50. The van der Waals surface area contributed by atoms with Crippen LogP contribution in [-0.4, -0.2) is 60.3 Å². The zero-order valence-corrected chi connectivity index (χ0v) is 11.7. The fourth-order valence-corrected chi connectivity index (χ4v) is 3.65. The molecular weight excluding hydrogens is 304 g/mol. The van der Waals surface area contributed by atoms with Crippen LogP contribution in [0.3, 0.4) is 0 Å². The molecule has 0 aliphatic carbocycles. The number of morpholine rings is 1. The Morgan fingerprint density at radius 2 is 2.19 bits per heavy atom. The zero-order chi connectivity index (χ0) is 15.6. The van der Waals surface area contributed by atoms with E-state index in [-0.39, 0.29) is 24.7 Å². The smallest absolute Gasteiger partial charge is 0.312 e. The minimum Gasteiger partial charge on any atom is -0.502 e. The summed E-state index contributed by atoms with van der Waals surface area (Å²) < 4.78 is 31.1. The van der Waals surface area contributed by atoms with Crippen LogP contribution < -0.4 is 0 Å². The molecule has 2 N–H and O–H groups in total. The van der Waals surface area contributed by atoms with Gasteiger partial charge in [-0.1, -0.05) is 0 Å².